The van der Waals surface area contributed by atoms with E-state index >= 15 is 0 Å². The molecular weight excluding hydrogens is 374 g/mol. The van der Waals surface area contributed by atoms with E-state index in [9.17, 15) is 18.3 Å². The van der Waals surface area contributed by atoms with Crippen LogP contribution < -0.4 is 5.46 Å². The summed E-state index contributed by atoms with van der Waals surface area (Å²) in [6.45, 7) is 9.03. The smallest absolute Gasteiger partial charge is 0.399 e. The summed E-state index contributed by atoms with van der Waals surface area (Å²) in [4.78, 5) is 0. The van der Waals surface area contributed by atoms with Gasteiger partial charge in [-0.2, -0.15) is 13.2 Å². The Morgan fingerprint density at radius 2 is 1.68 bits per heavy atom. The molecule has 0 amide bonds. The summed E-state index contributed by atoms with van der Waals surface area (Å²) in [5, 5.41) is 17.9. The first-order valence-corrected chi connectivity index (χ1v) is 9.24. The first kappa shape index (κ1) is 19.7. The Labute approximate surface area is 161 Å². The number of aliphatic hydroxyl groups is 1. The molecule has 2 heterocycles. The summed E-state index contributed by atoms with van der Waals surface area (Å²) < 4.78 is 54.7. The third-order valence-corrected chi connectivity index (χ3v) is 6.12. The Balaban J connectivity index is 1.80. The van der Waals surface area contributed by atoms with Crippen molar-refractivity contribution in [2.75, 3.05) is 0 Å². The lowest BCUT2D eigenvalue weighted by Crippen LogP contribution is -2.42. The first-order valence-electron chi connectivity index (χ1n) is 9.24. The van der Waals surface area contributed by atoms with Crippen LogP contribution in [0.15, 0.2) is 12.1 Å². The van der Waals surface area contributed by atoms with Gasteiger partial charge in [0, 0.05) is 0 Å². The van der Waals surface area contributed by atoms with Crippen LogP contribution in [0.3, 0.4) is 0 Å². The van der Waals surface area contributed by atoms with E-state index in [0.29, 0.717) is 12.8 Å². The SMILES string of the molecule is CC1(C)OB(c2cc(C(F)(F)F)c3c(c2)nnn3[C@H]2C[C@@](C)(O)C2)OC1(C)C. The lowest BCUT2D eigenvalue weighted by atomic mass is 9.76. The molecule has 10 heteroatoms. The number of benzene rings is 1. The van der Waals surface area contributed by atoms with Gasteiger partial charge in [-0.15, -0.1) is 5.10 Å². The molecule has 1 saturated carbocycles. The fraction of sp³-hybridized carbons (Fsp3) is 0.667. The lowest BCUT2D eigenvalue weighted by molar-refractivity contribution is -0.136. The van der Waals surface area contributed by atoms with Crippen LogP contribution in [0, 0.1) is 0 Å². The molecule has 0 unspecified atom stereocenters. The van der Waals surface area contributed by atoms with E-state index in [1.54, 1.807) is 6.92 Å². The standard InChI is InChI=1S/C18H23BF3N3O3/c1-15(2)16(3,4)28-19(27-15)10-6-12(18(20,21)22)14-13(7-10)23-24-25(14)11-8-17(5,26)9-11/h6-7,11,26H,8-9H2,1-5H3/t11-,17+. The van der Waals surface area contributed by atoms with Crippen molar-refractivity contribution in [2.45, 2.75) is 76.5 Å². The predicted octanol–water partition coefficient (Wildman–Crippen LogP) is 2.84. The van der Waals surface area contributed by atoms with Crippen molar-refractivity contribution < 1.29 is 27.6 Å². The first-order chi connectivity index (χ1) is 12.7. The molecule has 1 aromatic heterocycles. The fourth-order valence-electron chi connectivity index (χ4n) is 3.81. The number of halogens is 3. The van der Waals surface area contributed by atoms with Gasteiger partial charge < -0.3 is 14.4 Å². The summed E-state index contributed by atoms with van der Waals surface area (Å²) in [7, 11) is -0.926. The summed E-state index contributed by atoms with van der Waals surface area (Å²) >= 11 is 0. The van der Waals surface area contributed by atoms with Crippen molar-refractivity contribution in [3.8, 4) is 0 Å². The van der Waals surface area contributed by atoms with Crippen LogP contribution in [0.5, 0.6) is 0 Å². The fourth-order valence-corrected chi connectivity index (χ4v) is 3.81. The second-order valence-electron chi connectivity index (χ2n) is 9.12. The molecule has 1 aromatic carbocycles. The molecule has 4 rings (SSSR count). The highest BCUT2D eigenvalue weighted by atomic mass is 19.4. The van der Waals surface area contributed by atoms with Crippen LogP contribution in [-0.2, 0) is 15.5 Å². The average molecular weight is 397 g/mol. The molecule has 0 radical (unpaired) electrons. The summed E-state index contributed by atoms with van der Waals surface area (Å²) in [5.41, 5.74) is -2.73. The van der Waals surface area contributed by atoms with Crippen molar-refractivity contribution in [3.63, 3.8) is 0 Å². The van der Waals surface area contributed by atoms with Crippen LogP contribution >= 0.6 is 0 Å². The molecule has 1 aliphatic carbocycles. The van der Waals surface area contributed by atoms with Crippen molar-refractivity contribution in [2.24, 2.45) is 0 Å². The van der Waals surface area contributed by atoms with E-state index in [0.717, 1.165) is 6.07 Å². The highest BCUT2D eigenvalue weighted by Crippen LogP contribution is 2.44. The van der Waals surface area contributed by atoms with Gasteiger partial charge in [0.2, 0.25) is 0 Å². The molecule has 0 bridgehead atoms. The average Bonchev–Trinajstić information content (AvgIpc) is 3.01. The Morgan fingerprint density at radius 1 is 1.11 bits per heavy atom. The zero-order valence-corrected chi connectivity index (χ0v) is 16.5. The third-order valence-electron chi connectivity index (χ3n) is 6.12. The predicted molar refractivity (Wildman–Crippen MR) is 97.1 cm³/mol. The molecule has 1 N–H and O–H groups in total. The van der Waals surface area contributed by atoms with Gasteiger partial charge in [-0.25, -0.2) is 4.68 Å². The molecule has 6 nitrogen and oxygen atoms in total. The van der Waals surface area contributed by atoms with Gasteiger partial charge in [-0.05, 0) is 65.1 Å². The number of fused-ring (bicyclic) bond motifs is 1. The molecule has 0 spiro atoms. The molecule has 2 aliphatic rings. The normalized spacial score (nSPS) is 29.3. The zero-order valence-electron chi connectivity index (χ0n) is 16.5. The van der Waals surface area contributed by atoms with Crippen molar-refractivity contribution >= 4 is 23.6 Å². The van der Waals surface area contributed by atoms with Gasteiger partial charge in [-0.1, -0.05) is 5.21 Å². The molecule has 1 saturated heterocycles. The topological polar surface area (TPSA) is 69.4 Å². The van der Waals surface area contributed by atoms with Gasteiger partial charge in [0.25, 0.3) is 0 Å². The maximum absolute atomic E-state index is 13.9. The second-order valence-corrected chi connectivity index (χ2v) is 9.12. The molecule has 2 aromatic rings. The highest BCUT2D eigenvalue weighted by molar-refractivity contribution is 6.62. The number of alkyl halides is 3. The van der Waals surface area contributed by atoms with Crippen molar-refractivity contribution in [1.29, 1.82) is 0 Å². The van der Waals surface area contributed by atoms with Gasteiger partial charge in [-0.3, -0.25) is 0 Å². The monoisotopic (exact) mass is 397 g/mol. The number of nitrogens with zero attached hydrogens (tertiary/aromatic N) is 3. The van der Waals surface area contributed by atoms with Gasteiger partial charge in [0.1, 0.15) is 11.0 Å². The summed E-state index contributed by atoms with van der Waals surface area (Å²) in [5.74, 6) is 0. The van der Waals surface area contributed by atoms with Crippen molar-refractivity contribution in [3.05, 3.63) is 17.7 Å². The molecule has 28 heavy (non-hydrogen) atoms. The van der Waals surface area contributed by atoms with Gasteiger partial charge in [0.05, 0.1) is 28.4 Å². The molecular formula is C18H23BF3N3O3. The second kappa shape index (κ2) is 5.70. The van der Waals surface area contributed by atoms with Gasteiger partial charge in [0.15, 0.2) is 0 Å². The van der Waals surface area contributed by atoms with Gasteiger partial charge >= 0.3 is 13.3 Å². The van der Waals surface area contributed by atoms with E-state index < -0.39 is 35.7 Å². The molecule has 2 fully saturated rings. The van der Waals surface area contributed by atoms with Crippen molar-refractivity contribution in [1.82, 2.24) is 15.0 Å². The number of aromatic nitrogens is 3. The quantitative estimate of drug-likeness (QED) is 0.790. The third kappa shape index (κ3) is 3.02. The Kier molecular flexibility index (Phi) is 4.00. The Morgan fingerprint density at radius 3 is 2.18 bits per heavy atom. The lowest BCUT2D eigenvalue weighted by Gasteiger charge is -2.40. The van der Waals surface area contributed by atoms with E-state index in [4.69, 9.17) is 9.31 Å². The van der Waals surface area contributed by atoms with E-state index in [-0.39, 0.29) is 22.5 Å². The molecule has 0 atom stereocenters. The van der Waals surface area contributed by atoms with Crippen LogP contribution in [0.4, 0.5) is 13.2 Å². The summed E-state index contributed by atoms with van der Waals surface area (Å²) in [6.07, 6.45) is -3.92. The molecule has 1 aliphatic heterocycles. The van der Waals surface area contributed by atoms with E-state index in [2.05, 4.69) is 10.3 Å². The minimum Gasteiger partial charge on any atom is -0.399 e. The Hall–Kier alpha value is -1.65. The Bertz CT molecular complexity index is 915. The summed E-state index contributed by atoms with van der Waals surface area (Å²) in [6, 6.07) is 2.28. The van der Waals surface area contributed by atoms with Crippen LogP contribution in [0.25, 0.3) is 11.0 Å². The number of hydrogen-bond acceptors (Lipinski definition) is 5. The van der Waals surface area contributed by atoms with E-state index in [1.165, 1.54) is 10.7 Å². The van der Waals surface area contributed by atoms with Crippen LogP contribution in [0.1, 0.15) is 59.1 Å². The van der Waals surface area contributed by atoms with Crippen LogP contribution in [-0.4, -0.2) is 44.0 Å². The maximum Gasteiger partial charge on any atom is 0.494 e. The highest BCUT2D eigenvalue weighted by Gasteiger charge is 2.52. The minimum absolute atomic E-state index is 0.0757. The minimum atomic E-state index is -4.59. The van der Waals surface area contributed by atoms with Crippen LogP contribution in [0.2, 0.25) is 0 Å². The largest absolute Gasteiger partial charge is 0.494 e. The maximum atomic E-state index is 13.9. The number of rotatable bonds is 2. The number of hydrogen-bond donors (Lipinski definition) is 1. The molecule has 152 valence electrons. The van der Waals surface area contributed by atoms with E-state index in [1.807, 2.05) is 27.7 Å². The zero-order chi connectivity index (χ0) is 20.7.